The molecule has 0 N–H and O–H groups in total. The van der Waals surface area contributed by atoms with E-state index >= 15 is 0 Å². The summed E-state index contributed by atoms with van der Waals surface area (Å²) in [6.45, 7) is 2.98. The first kappa shape index (κ1) is 15.1. The van der Waals surface area contributed by atoms with Gasteiger partial charge in [-0.25, -0.2) is 4.39 Å². The molecule has 0 bridgehead atoms. The first-order valence-electron chi connectivity index (χ1n) is 7.80. The van der Waals surface area contributed by atoms with E-state index in [2.05, 4.69) is 0 Å². The van der Waals surface area contributed by atoms with E-state index < -0.39 is 0 Å². The molecule has 120 valence electrons. The van der Waals surface area contributed by atoms with E-state index in [0.29, 0.717) is 36.2 Å². The van der Waals surface area contributed by atoms with Crippen LogP contribution in [0.15, 0.2) is 12.1 Å². The van der Waals surface area contributed by atoms with Crippen LogP contribution in [0.4, 0.5) is 4.39 Å². The van der Waals surface area contributed by atoms with E-state index in [1.165, 1.54) is 13.2 Å². The molecule has 4 nitrogen and oxygen atoms in total. The number of fused-ring (bicyclic) bond motifs is 1. The highest BCUT2D eigenvalue weighted by Gasteiger charge is 2.44. The van der Waals surface area contributed by atoms with E-state index in [0.717, 1.165) is 19.3 Å². The lowest BCUT2D eigenvalue weighted by Crippen LogP contribution is -2.16. The van der Waals surface area contributed by atoms with Gasteiger partial charge < -0.3 is 14.2 Å². The molecule has 1 fully saturated rings. The van der Waals surface area contributed by atoms with Crippen LogP contribution in [-0.4, -0.2) is 26.3 Å². The molecule has 1 heterocycles. The van der Waals surface area contributed by atoms with Crippen molar-refractivity contribution < 1.29 is 23.4 Å². The van der Waals surface area contributed by atoms with Gasteiger partial charge in [0.15, 0.2) is 11.5 Å². The van der Waals surface area contributed by atoms with E-state index in [4.69, 9.17) is 14.2 Å². The molecule has 1 aliphatic carbocycles. The number of ether oxygens (including phenoxy) is 3. The van der Waals surface area contributed by atoms with Crippen LogP contribution in [-0.2, 0) is 9.53 Å². The quantitative estimate of drug-likeness (QED) is 0.783. The van der Waals surface area contributed by atoms with Gasteiger partial charge in [0.2, 0.25) is 0 Å². The molecule has 1 aliphatic heterocycles. The SMILES string of the molecule is CCC(CC1CC1C(=O)OC)c1cc2c(cc1F)OCCO2. The predicted octanol–water partition coefficient (Wildman–Crippen LogP) is 3.29. The number of carbonyl (C=O) groups is 1. The number of carbonyl (C=O) groups excluding carboxylic acids is 1. The summed E-state index contributed by atoms with van der Waals surface area (Å²) >= 11 is 0. The fraction of sp³-hybridized carbons (Fsp3) is 0.588. The Balaban J connectivity index is 1.75. The molecule has 0 spiro atoms. The first-order valence-corrected chi connectivity index (χ1v) is 7.80. The van der Waals surface area contributed by atoms with Crippen molar-refractivity contribution in [3.05, 3.63) is 23.5 Å². The van der Waals surface area contributed by atoms with E-state index in [9.17, 15) is 9.18 Å². The second-order valence-corrected chi connectivity index (χ2v) is 5.98. The molecule has 3 atom stereocenters. The van der Waals surface area contributed by atoms with Gasteiger partial charge in [-0.2, -0.15) is 0 Å². The second-order valence-electron chi connectivity index (χ2n) is 5.98. The van der Waals surface area contributed by atoms with Crippen molar-refractivity contribution in [2.75, 3.05) is 20.3 Å². The van der Waals surface area contributed by atoms with E-state index in [-0.39, 0.29) is 23.6 Å². The maximum Gasteiger partial charge on any atom is 0.308 e. The van der Waals surface area contributed by atoms with Crippen molar-refractivity contribution in [3.8, 4) is 11.5 Å². The lowest BCUT2D eigenvalue weighted by Gasteiger charge is -2.22. The number of hydrogen-bond donors (Lipinski definition) is 0. The van der Waals surface area contributed by atoms with Gasteiger partial charge in [-0.15, -0.1) is 0 Å². The molecular weight excluding hydrogens is 287 g/mol. The van der Waals surface area contributed by atoms with Crippen LogP contribution in [0.2, 0.25) is 0 Å². The minimum atomic E-state index is -0.258. The third-order valence-corrected chi connectivity index (χ3v) is 4.61. The highest BCUT2D eigenvalue weighted by atomic mass is 19.1. The third kappa shape index (κ3) is 2.89. The summed E-state index contributed by atoms with van der Waals surface area (Å²) in [5.41, 5.74) is 0.655. The van der Waals surface area contributed by atoms with Gasteiger partial charge >= 0.3 is 5.97 Å². The monoisotopic (exact) mass is 308 g/mol. The van der Waals surface area contributed by atoms with Gasteiger partial charge in [0.1, 0.15) is 19.0 Å². The minimum absolute atomic E-state index is 0.0145. The molecule has 22 heavy (non-hydrogen) atoms. The fourth-order valence-electron chi connectivity index (χ4n) is 3.22. The Morgan fingerprint density at radius 3 is 2.68 bits per heavy atom. The average Bonchev–Trinajstić information content (AvgIpc) is 3.30. The van der Waals surface area contributed by atoms with Crippen LogP contribution in [0.5, 0.6) is 11.5 Å². The Morgan fingerprint density at radius 2 is 2.05 bits per heavy atom. The molecule has 2 aliphatic rings. The second kappa shape index (κ2) is 6.15. The van der Waals surface area contributed by atoms with E-state index in [1.54, 1.807) is 6.07 Å². The van der Waals surface area contributed by atoms with Crippen LogP contribution in [0, 0.1) is 17.7 Å². The molecular formula is C17H21FO4. The molecule has 5 heteroatoms. The topological polar surface area (TPSA) is 44.8 Å². The summed E-state index contributed by atoms with van der Waals surface area (Å²) < 4.78 is 30.1. The number of esters is 1. The Kier molecular flexibility index (Phi) is 4.23. The minimum Gasteiger partial charge on any atom is -0.486 e. The van der Waals surface area contributed by atoms with Crippen LogP contribution in [0.1, 0.15) is 37.7 Å². The molecule has 0 amide bonds. The molecule has 0 radical (unpaired) electrons. The van der Waals surface area contributed by atoms with Crippen molar-refractivity contribution >= 4 is 5.97 Å². The van der Waals surface area contributed by atoms with Crippen molar-refractivity contribution in [2.45, 2.75) is 32.1 Å². The molecule has 3 unspecified atom stereocenters. The molecule has 0 saturated heterocycles. The molecule has 3 rings (SSSR count). The summed E-state index contributed by atoms with van der Waals surface area (Å²) in [4.78, 5) is 11.5. The summed E-state index contributed by atoms with van der Waals surface area (Å²) in [6, 6.07) is 3.17. The van der Waals surface area contributed by atoms with Crippen LogP contribution < -0.4 is 9.47 Å². The summed E-state index contributed by atoms with van der Waals surface area (Å²) in [6.07, 6.45) is 2.46. The standard InChI is InChI=1S/C17H21FO4/c1-3-10(6-11-7-13(11)17(19)20-2)12-8-15-16(9-14(12)18)22-5-4-21-15/h8-11,13H,3-7H2,1-2H3. The van der Waals surface area contributed by atoms with Crippen LogP contribution in [0.25, 0.3) is 0 Å². The van der Waals surface area contributed by atoms with Gasteiger partial charge in [0.25, 0.3) is 0 Å². The summed E-state index contributed by atoms with van der Waals surface area (Å²) in [5.74, 6) is 1.04. The normalized spacial score (nSPS) is 23.8. The molecule has 1 aromatic rings. The van der Waals surface area contributed by atoms with Gasteiger partial charge in [0, 0.05) is 6.07 Å². The van der Waals surface area contributed by atoms with Crippen molar-refractivity contribution in [1.82, 2.24) is 0 Å². The summed E-state index contributed by atoms with van der Waals surface area (Å²) in [5, 5.41) is 0. The number of benzene rings is 1. The zero-order valence-corrected chi connectivity index (χ0v) is 12.9. The van der Waals surface area contributed by atoms with Crippen molar-refractivity contribution in [1.29, 1.82) is 0 Å². The maximum atomic E-state index is 14.4. The van der Waals surface area contributed by atoms with Gasteiger partial charge in [-0.3, -0.25) is 4.79 Å². The predicted molar refractivity (Wildman–Crippen MR) is 78.7 cm³/mol. The number of methoxy groups -OCH3 is 1. The van der Waals surface area contributed by atoms with E-state index in [1.807, 2.05) is 6.92 Å². The van der Waals surface area contributed by atoms with Gasteiger partial charge in [-0.1, -0.05) is 6.92 Å². The molecule has 1 aromatic carbocycles. The zero-order valence-electron chi connectivity index (χ0n) is 12.9. The number of halogens is 1. The highest BCUT2D eigenvalue weighted by Crippen LogP contribution is 2.47. The lowest BCUT2D eigenvalue weighted by atomic mass is 9.90. The maximum absolute atomic E-state index is 14.4. The summed E-state index contributed by atoms with van der Waals surface area (Å²) in [7, 11) is 1.41. The Bertz CT molecular complexity index is 572. The lowest BCUT2D eigenvalue weighted by molar-refractivity contribution is -0.142. The Hall–Kier alpha value is -1.78. The Morgan fingerprint density at radius 1 is 1.36 bits per heavy atom. The van der Waals surface area contributed by atoms with Gasteiger partial charge in [-0.05, 0) is 42.7 Å². The highest BCUT2D eigenvalue weighted by molar-refractivity contribution is 5.75. The molecule has 0 aromatic heterocycles. The Labute approximate surface area is 129 Å². The van der Waals surface area contributed by atoms with Crippen LogP contribution in [0.3, 0.4) is 0 Å². The largest absolute Gasteiger partial charge is 0.486 e. The number of rotatable bonds is 5. The smallest absolute Gasteiger partial charge is 0.308 e. The first-order chi connectivity index (χ1) is 10.6. The third-order valence-electron chi connectivity index (χ3n) is 4.61. The zero-order chi connectivity index (χ0) is 15.7. The van der Waals surface area contributed by atoms with Crippen LogP contribution >= 0.6 is 0 Å². The molecule has 1 saturated carbocycles. The number of hydrogen-bond acceptors (Lipinski definition) is 4. The van der Waals surface area contributed by atoms with Gasteiger partial charge in [0.05, 0.1) is 13.0 Å². The van der Waals surface area contributed by atoms with Crippen molar-refractivity contribution in [2.24, 2.45) is 11.8 Å². The average molecular weight is 308 g/mol. The van der Waals surface area contributed by atoms with Crippen molar-refractivity contribution in [3.63, 3.8) is 0 Å². The fourth-order valence-corrected chi connectivity index (χ4v) is 3.22.